The summed E-state index contributed by atoms with van der Waals surface area (Å²) >= 11 is 0. The van der Waals surface area contributed by atoms with Gasteiger partial charge >= 0.3 is 11.9 Å². The number of benzene rings is 2. The highest BCUT2D eigenvalue weighted by Crippen LogP contribution is 2.60. The Morgan fingerprint density at radius 3 is 2.09 bits per heavy atom. The molecule has 230 valence electrons. The van der Waals surface area contributed by atoms with Crippen molar-refractivity contribution in [3.05, 3.63) is 72.0 Å². The second-order valence-corrected chi connectivity index (χ2v) is 10.8. The Hall–Kier alpha value is -3.76. The van der Waals surface area contributed by atoms with Gasteiger partial charge in [0.1, 0.15) is 60.3 Å². The predicted molar refractivity (Wildman–Crippen MR) is 139 cm³/mol. The quantitative estimate of drug-likeness (QED) is 0.167. The number of phenolic OH excluding ortho intramolecular Hbond substituents is 2. The van der Waals surface area contributed by atoms with Crippen LogP contribution < -0.4 is 0 Å². The molecule has 3 heterocycles. The minimum Gasteiger partial charge on any atom is -0.508 e. The van der Waals surface area contributed by atoms with Crippen LogP contribution in [0.5, 0.6) is 11.5 Å². The smallest absolute Gasteiger partial charge is 0.338 e. The van der Waals surface area contributed by atoms with Crippen molar-refractivity contribution in [3.8, 4) is 11.5 Å². The van der Waals surface area contributed by atoms with Gasteiger partial charge in [-0.3, -0.25) is 0 Å². The minimum atomic E-state index is -1.75. The first-order chi connectivity index (χ1) is 20.6. The number of aliphatic hydroxyl groups excluding tert-OH is 4. The zero-order chi connectivity index (χ0) is 30.5. The van der Waals surface area contributed by atoms with Crippen molar-refractivity contribution in [1.29, 1.82) is 0 Å². The molecule has 11 atom stereocenters. The number of hydrogen-bond acceptors (Lipinski definition) is 14. The lowest BCUT2D eigenvalue weighted by Crippen LogP contribution is -2.60. The molecule has 0 aromatic heterocycles. The lowest BCUT2D eigenvalue weighted by Gasteiger charge is -2.43. The van der Waals surface area contributed by atoms with Crippen molar-refractivity contribution in [2.24, 2.45) is 11.8 Å². The molecule has 14 heteroatoms. The summed E-state index contributed by atoms with van der Waals surface area (Å²) in [6.45, 7) is -0.975. The zero-order valence-corrected chi connectivity index (χ0v) is 22.4. The molecule has 10 unspecified atom stereocenters. The molecule has 3 fully saturated rings. The molecule has 1 aliphatic carbocycles. The van der Waals surface area contributed by atoms with E-state index in [0.29, 0.717) is 0 Å². The Morgan fingerprint density at radius 1 is 0.837 bits per heavy atom. The summed E-state index contributed by atoms with van der Waals surface area (Å²) in [4.78, 5) is 25.2. The van der Waals surface area contributed by atoms with Gasteiger partial charge in [-0.2, -0.15) is 0 Å². The fourth-order valence-corrected chi connectivity index (χ4v) is 5.90. The minimum absolute atomic E-state index is 0.0165. The number of aliphatic hydroxyl groups is 4. The maximum atomic E-state index is 12.8. The molecule has 2 saturated heterocycles. The lowest BCUT2D eigenvalue weighted by atomic mass is 9.85. The SMILES string of the molecule is O=C(OCC1OC(OC2OC=CC3C(OC(=O)c4ccc(O)cc4)C4O[C@]4(CO)C23)C(O)C(O)C1O)c1ccc(O)cc1. The monoisotopic (exact) mass is 602 g/mol. The van der Waals surface area contributed by atoms with Crippen LogP contribution in [0, 0.1) is 11.8 Å². The number of hydrogen-bond donors (Lipinski definition) is 6. The summed E-state index contributed by atoms with van der Waals surface area (Å²) in [6, 6.07) is 10.8. The average molecular weight is 603 g/mol. The molecule has 6 rings (SSSR count). The molecule has 0 spiro atoms. The fourth-order valence-electron chi connectivity index (χ4n) is 5.90. The van der Waals surface area contributed by atoms with E-state index in [-0.39, 0.29) is 22.6 Å². The molecular formula is C29H30O14. The first kappa shape index (κ1) is 29.3. The van der Waals surface area contributed by atoms with Crippen LogP contribution in [0.2, 0.25) is 0 Å². The molecule has 4 aliphatic rings. The third kappa shape index (κ3) is 5.31. The fraction of sp³-hybridized carbons (Fsp3) is 0.448. The van der Waals surface area contributed by atoms with Crippen LogP contribution >= 0.6 is 0 Å². The highest BCUT2D eigenvalue weighted by molar-refractivity contribution is 5.90. The second-order valence-electron chi connectivity index (χ2n) is 10.8. The molecule has 6 N–H and O–H groups in total. The van der Waals surface area contributed by atoms with Crippen molar-refractivity contribution in [2.75, 3.05) is 13.2 Å². The van der Waals surface area contributed by atoms with Gasteiger partial charge in [-0.05, 0) is 54.6 Å². The van der Waals surface area contributed by atoms with Crippen LogP contribution in [0.1, 0.15) is 20.7 Å². The number of esters is 2. The van der Waals surface area contributed by atoms with Crippen LogP contribution in [0.25, 0.3) is 0 Å². The number of aromatic hydroxyl groups is 2. The standard InChI is InChI=1S/C29H30O14/c30-12-29-19-17(23(24(29)43-29)41-26(37)14-3-7-16(32)8-4-14)9-10-38-27(19)42-28-22(35)21(34)20(33)18(40-28)11-39-25(36)13-1-5-15(31)6-2-13/h1-10,17-24,27-28,30-35H,11-12H2/t17?,18?,19?,20?,21?,22?,23?,24?,27?,28?,29-/m1/s1. The van der Waals surface area contributed by atoms with Crippen LogP contribution in [-0.4, -0.2) is 111 Å². The van der Waals surface area contributed by atoms with E-state index in [1.807, 2.05) is 0 Å². The number of ether oxygens (including phenoxy) is 6. The number of fused-ring (bicyclic) bond motifs is 3. The molecule has 0 bridgehead atoms. The van der Waals surface area contributed by atoms with Gasteiger partial charge in [-0.1, -0.05) is 0 Å². The molecule has 2 aromatic carbocycles. The van der Waals surface area contributed by atoms with E-state index in [4.69, 9.17) is 28.4 Å². The van der Waals surface area contributed by atoms with Gasteiger partial charge in [0.25, 0.3) is 0 Å². The van der Waals surface area contributed by atoms with Gasteiger partial charge in [-0.15, -0.1) is 0 Å². The van der Waals surface area contributed by atoms with Gasteiger partial charge in [0.15, 0.2) is 6.29 Å². The largest absolute Gasteiger partial charge is 0.508 e. The summed E-state index contributed by atoms with van der Waals surface area (Å²) < 4.78 is 34.1. The van der Waals surface area contributed by atoms with Crippen LogP contribution in [0.15, 0.2) is 60.9 Å². The number of epoxide rings is 1. The third-order valence-electron chi connectivity index (χ3n) is 8.25. The summed E-state index contributed by atoms with van der Waals surface area (Å²) in [7, 11) is 0. The lowest BCUT2D eigenvalue weighted by molar-refractivity contribution is -0.344. The number of phenols is 2. The van der Waals surface area contributed by atoms with E-state index < -0.39 is 91.8 Å². The van der Waals surface area contributed by atoms with E-state index in [9.17, 15) is 40.2 Å². The Kier molecular flexibility index (Phi) is 7.76. The Morgan fingerprint density at radius 2 is 1.47 bits per heavy atom. The first-order valence-electron chi connectivity index (χ1n) is 13.5. The van der Waals surface area contributed by atoms with E-state index in [2.05, 4.69) is 0 Å². The Bertz CT molecular complexity index is 1360. The molecule has 43 heavy (non-hydrogen) atoms. The van der Waals surface area contributed by atoms with Crippen molar-refractivity contribution < 1.29 is 68.6 Å². The predicted octanol–water partition coefficient (Wildman–Crippen LogP) is -0.450. The Labute approximate surface area is 244 Å². The molecule has 2 aromatic rings. The van der Waals surface area contributed by atoms with E-state index in [1.165, 1.54) is 54.8 Å². The van der Waals surface area contributed by atoms with E-state index in [1.54, 1.807) is 6.08 Å². The van der Waals surface area contributed by atoms with Gasteiger partial charge in [0.05, 0.1) is 29.9 Å². The number of carbonyl (C=O) groups is 2. The normalized spacial score (nSPS) is 37.5. The zero-order valence-electron chi connectivity index (χ0n) is 22.4. The van der Waals surface area contributed by atoms with Crippen molar-refractivity contribution in [3.63, 3.8) is 0 Å². The maximum absolute atomic E-state index is 12.8. The molecule has 14 nitrogen and oxygen atoms in total. The van der Waals surface area contributed by atoms with Gasteiger partial charge in [0, 0.05) is 5.92 Å². The molecule has 1 saturated carbocycles. The van der Waals surface area contributed by atoms with E-state index in [0.717, 1.165) is 0 Å². The summed E-state index contributed by atoms with van der Waals surface area (Å²) in [5.41, 5.74) is -0.875. The number of carbonyl (C=O) groups excluding carboxylic acids is 2. The van der Waals surface area contributed by atoms with Gasteiger partial charge < -0.3 is 59.1 Å². The molecule has 3 aliphatic heterocycles. The summed E-state index contributed by atoms with van der Waals surface area (Å²) in [5.74, 6) is -2.79. The molecule has 0 radical (unpaired) electrons. The highest BCUT2D eigenvalue weighted by Gasteiger charge is 2.77. The third-order valence-corrected chi connectivity index (χ3v) is 8.25. The topological polar surface area (TPSA) is 214 Å². The van der Waals surface area contributed by atoms with Crippen LogP contribution in [0.4, 0.5) is 0 Å². The highest BCUT2D eigenvalue weighted by atomic mass is 16.8. The Balaban J connectivity index is 1.14. The van der Waals surface area contributed by atoms with Crippen molar-refractivity contribution >= 4 is 11.9 Å². The van der Waals surface area contributed by atoms with Crippen molar-refractivity contribution in [1.82, 2.24) is 0 Å². The van der Waals surface area contributed by atoms with Crippen LogP contribution in [0.3, 0.4) is 0 Å². The van der Waals surface area contributed by atoms with E-state index >= 15 is 0 Å². The molecule has 0 amide bonds. The van der Waals surface area contributed by atoms with Crippen molar-refractivity contribution in [2.45, 2.75) is 54.8 Å². The first-order valence-corrected chi connectivity index (χ1v) is 13.5. The maximum Gasteiger partial charge on any atom is 0.338 e. The molecular weight excluding hydrogens is 572 g/mol. The second kappa shape index (κ2) is 11.4. The van der Waals surface area contributed by atoms with Crippen LogP contribution in [-0.2, 0) is 28.4 Å². The summed E-state index contributed by atoms with van der Waals surface area (Å²) in [6.07, 6.45) is -7.77. The summed E-state index contributed by atoms with van der Waals surface area (Å²) in [5, 5.41) is 60.9. The van der Waals surface area contributed by atoms with Gasteiger partial charge in [-0.25, -0.2) is 9.59 Å². The van der Waals surface area contributed by atoms with Gasteiger partial charge in [0.2, 0.25) is 6.29 Å². The average Bonchev–Trinajstić information content (AvgIpc) is 3.68. The number of rotatable bonds is 8.